The van der Waals surface area contributed by atoms with Gasteiger partial charge in [-0.15, -0.1) is 11.3 Å². The Morgan fingerprint density at radius 1 is 1.16 bits per heavy atom. The number of carbonyl (C=O) groups is 2. The first kappa shape index (κ1) is 24.1. The summed E-state index contributed by atoms with van der Waals surface area (Å²) in [6.45, 7) is 4.64. The lowest BCUT2D eigenvalue weighted by molar-refractivity contribution is -0.145. The molecule has 174 valence electrons. The molecular formula is C25H33NO5S. The zero-order valence-electron chi connectivity index (χ0n) is 19.2. The molecule has 0 radical (unpaired) electrons. The number of hydrogen-bond donors (Lipinski definition) is 1. The van der Waals surface area contributed by atoms with Crippen LogP contribution < -0.4 is 10.1 Å². The van der Waals surface area contributed by atoms with E-state index in [1.54, 1.807) is 6.92 Å². The Kier molecular flexibility index (Phi) is 8.97. The number of hydrogen-bond acceptors (Lipinski definition) is 7. The lowest BCUT2D eigenvalue weighted by atomic mass is 10.0. The van der Waals surface area contributed by atoms with Gasteiger partial charge in [0.2, 0.25) is 0 Å². The maximum Gasteiger partial charge on any atom is 0.351 e. The molecule has 1 aliphatic carbocycles. The number of rotatable bonds is 9. The van der Waals surface area contributed by atoms with Crippen molar-refractivity contribution in [1.82, 2.24) is 0 Å². The van der Waals surface area contributed by atoms with Gasteiger partial charge in [-0.3, -0.25) is 0 Å². The van der Waals surface area contributed by atoms with E-state index in [0.29, 0.717) is 10.6 Å². The lowest BCUT2D eigenvalue weighted by Crippen LogP contribution is -2.15. The van der Waals surface area contributed by atoms with Gasteiger partial charge in [-0.2, -0.15) is 0 Å². The molecule has 1 heterocycles. The molecule has 2 aromatic rings. The molecular weight excluding hydrogens is 426 g/mol. The molecule has 32 heavy (non-hydrogen) atoms. The fraction of sp³-hybridized carbons (Fsp3) is 0.520. The molecule has 1 fully saturated rings. The highest BCUT2D eigenvalue weighted by Crippen LogP contribution is 2.42. The summed E-state index contributed by atoms with van der Waals surface area (Å²) in [7, 11) is 1.34. The van der Waals surface area contributed by atoms with Gasteiger partial charge in [0.1, 0.15) is 5.75 Å². The van der Waals surface area contributed by atoms with Gasteiger partial charge >= 0.3 is 11.9 Å². The molecule has 0 aliphatic heterocycles. The normalized spacial score (nSPS) is 14.5. The van der Waals surface area contributed by atoms with Crippen LogP contribution in [0.2, 0.25) is 0 Å². The van der Waals surface area contributed by atoms with Gasteiger partial charge in [0.05, 0.1) is 13.7 Å². The first-order valence-electron chi connectivity index (χ1n) is 11.4. The van der Waals surface area contributed by atoms with Crippen LogP contribution in [0, 0.1) is 12.8 Å². The first-order chi connectivity index (χ1) is 15.5. The summed E-state index contributed by atoms with van der Waals surface area (Å²) in [6, 6.07) is 8.21. The van der Waals surface area contributed by atoms with Gasteiger partial charge in [0.25, 0.3) is 0 Å². The molecule has 1 N–H and O–H groups in total. The Hall–Kier alpha value is -2.54. The SMILES string of the molecule is CCOC(=O)COc1c(C(=O)OC)sc(-c2cccc(NCC3CCCCCC3)c2)c1C. The van der Waals surface area contributed by atoms with Crippen LogP contribution in [-0.2, 0) is 14.3 Å². The van der Waals surface area contributed by atoms with Gasteiger partial charge in [0, 0.05) is 22.7 Å². The Labute approximate surface area is 194 Å². The van der Waals surface area contributed by atoms with E-state index in [4.69, 9.17) is 14.2 Å². The summed E-state index contributed by atoms with van der Waals surface area (Å²) < 4.78 is 15.6. The van der Waals surface area contributed by atoms with Crippen molar-refractivity contribution in [2.45, 2.75) is 52.4 Å². The average Bonchev–Trinajstić information content (AvgIpc) is 2.95. The third-order valence-corrected chi connectivity index (χ3v) is 7.10. The van der Waals surface area contributed by atoms with Crippen LogP contribution in [-0.4, -0.2) is 38.8 Å². The van der Waals surface area contributed by atoms with E-state index in [2.05, 4.69) is 17.4 Å². The zero-order valence-corrected chi connectivity index (χ0v) is 20.0. The highest BCUT2D eigenvalue weighted by atomic mass is 32.1. The number of nitrogens with one attached hydrogen (secondary N) is 1. The van der Waals surface area contributed by atoms with Gasteiger partial charge in [-0.05, 0) is 50.3 Å². The molecule has 0 spiro atoms. The Bertz CT molecular complexity index is 915. The second-order valence-corrected chi connectivity index (χ2v) is 9.14. The van der Waals surface area contributed by atoms with E-state index in [1.807, 2.05) is 19.1 Å². The molecule has 6 nitrogen and oxygen atoms in total. The van der Waals surface area contributed by atoms with Crippen molar-refractivity contribution in [3.63, 3.8) is 0 Å². The maximum absolute atomic E-state index is 12.4. The predicted octanol–water partition coefficient (Wildman–Crippen LogP) is 5.83. The number of carbonyl (C=O) groups excluding carboxylic acids is 2. The van der Waals surface area contributed by atoms with Crippen LogP contribution in [0.4, 0.5) is 5.69 Å². The highest BCUT2D eigenvalue weighted by molar-refractivity contribution is 7.18. The number of thiophene rings is 1. The summed E-state index contributed by atoms with van der Waals surface area (Å²) in [4.78, 5) is 25.4. The quantitative estimate of drug-likeness (QED) is 0.375. The molecule has 1 saturated carbocycles. The second kappa shape index (κ2) is 11.9. The number of benzene rings is 1. The molecule has 0 bridgehead atoms. The van der Waals surface area contributed by atoms with Crippen molar-refractivity contribution < 1.29 is 23.8 Å². The summed E-state index contributed by atoms with van der Waals surface area (Å²) >= 11 is 1.32. The van der Waals surface area contributed by atoms with E-state index in [0.717, 1.165) is 34.2 Å². The smallest absolute Gasteiger partial charge is 0.351 e. The van der Waals surface area contributed by atoms with Crippen molar-refractivity contribution in [3.05, 3.63) is 34.7 Å². The number of anilines is 1. The van der Waals surface area contributed by atoms with Crippen molar-refractivity contribution in [2.24, 2.45) is 5.92 Å². The molecule has 7 heteroatoms. The molecule has 0 saturated heterocycles. The van der Waals surface area contributed by atoms with E-state index in [9.17, 15) is 9.59 Å². The summed E-state index contributed by atoms with van der Waals surface area (Å²) in [5, 5.41) is 3.60. The van der Waals surface area contributed by atoms with Crippen LogP contribution in [0.1, 0.15) is 60.7 Å². The molecule has 3 rings (SSSR count). The monoisotopic (exact) mass is 459 g/mol. The Morgan fingerprint density at radius 3 is 2.59 bits per heavy atom. The molecule has 1 aliphatic rings. The summed E-state index contributed by atoms with van der Waals surface area (Å²) in [5.74, 6) is 0.145. The lowest BCUT2D eigenvalue weighted by Gasteiger charge is -2.16. The molecule has 1 aromatic heterocycles. The van der Waals surface area contributed by atoms with Crippen molar-refractivity contribution >= 4 is 29.0 Å². The average molecular weight is 460 g/mol. The molecule has 0 unspecified atom stereocenters. The number of ether oxygens (including phenoxy) is 3. The molecule has 1 aromatic carbocycles. The standard InChI is InChI=1S/C25H33NO5S/c1-4-30-21(27)16-31-22-17(2)23(32-24(22)25(28)29-3)19-12-9-13-20(14-19)26-15-18-10-7-5-6-8-11-18/h9,12-14,18,26H,4-8,10-11,15-16H2,1-3H3. The number of methoxy groups -OCH3 is 1. The summed E-state index contributed by atoms with van der Waals surface area (Å²) in [5.41, 5.74) is 2.86. The van der Waals surface area contributed by atoms with Crippen molar-refractivity contribution in [1.29, 1.82) is 0 Å². The van der Waals surface area contributed by atoms with Gasteiger partial charge in [-0.25, -0.2) is 9.59 Å². The Balaban J connectivity index is 1.79. The molecule has 0 atom stereocenters. The predicted molar refractivity (Wildman–Crippen MR) is 128 cm³/mol. The van der Waals surface area contributed by atoms with E-state index < -0.39 is 11.9 Å². The minimum atomic E-state index is -0.481. The topological polar surface area (TPSA) is 73.9 Å². The fourth-order valence-corrected chi connectivity index (χ4v) is 5.28. The van der Waals surface area contributed by atoms with Gasteiger partial charge in [0.15, 0.2) is 11.5 Å². The second-order valence-electron chi connectivity index (χ2n) is 8.12. The minimum Gasteiger partial charge on any atom is -0.480 e. The van der Waals surface area contributed by atoms with Gasteiger partial charge < -0.3 is 19.5 Å². The largest absolute Gasteiger partial charge is 0.480 e. The molecule has 0 amide bonds. The zero-order chi connectivity index (χ0) is 22.9. The third kappa shape index (κ3) is 6.25. The Morgan fingerprint density at radius 2 is 1.91 bits per heavy atom. The van der Waals surface area contributed by atoms with E-state index >= 15 is 0 Å². The van der Waals surface area contributed by atoms with Crippen molar-refractivity contribution in [2.75, 3.05) is 32.2 Å². The number of esters is 2. The van der Waals surface area contributed by atoms with E-state index in [1.165, 1.54) is 57.0 Å². The fourth-order valence-electron chi connectivity index (χ4n) is 4.11. The third-order valence-electron chi connectivity index (χ3n) is 5.80. The highest BCUT2D eigenvalue weighted by Gasteiger charge is 2.24. The van der Waals surface area contributed by atoms with Crippen LogP contribution in [0.5, 0.6) is 5.75 Å². The van der Waals surface area contributed by atoms with Crippen LogP contribution in [0.3, 0.4) is 0 Å². The van der Waals surface area contributed by atoms with Crippen LogP contribution in [0.15, 0.2) is 24.3 Å². The van der Waals surface area contributed by atoms with Gasteiger partial charge in [-0.1, -0.05) is 37.8 Å². The van der Waals surface area contributed by atoms with E-state index in [-0.39, 0.29) is 13.2 Å². The summed E-state index contributed by atoms with van der Waals surface area (Å²) in [6.07, 6.45) is 7.94. The minimum absolute atomic E-state index is 0.252. The maximum atomic E-state index is 12.4. The van der Waals surface area contributed by atoms with Crippen LogP contribution >= 0.6 is 11.3 Å². The van der Waals surface area contributed by atoms with Crippen molar-refractivity contribution in [3.8, 4) is 16.2 Å². The van der Waals surface area contributed by atoms with Crippen LogP contribution in [0.25, 0.3) is 10.4 Å². The first-order valence-corrected chi connectivity index (χ1v) is 12.2.